The van der Waals surface area contributed by atoms with Crippen LogP contribution in [0, 0.1) is 0 Å². The van der Waals surface area contributed by atoms with Gasteiger partial charge in [-0.2, -0.15) is 0 Å². The van der Waals surface area contributed by atoms with Gasteiger partial charge < -0.3 is 9.05 Å². The second kappa shape index (κ2) is 12.3. The van der Waals surface area contributed by atoms with Crippen LogP contribution in [0.15, 0.2) is 12.1 Å². The Morgan fingerprint density at radius 3 is 0.974 bits per heavy atom. The molecule has 214 valence electrons. The molecule has 0 bridgehead atoms. The zero-order valence-corrected chi connectivity index (χ0v) is 27.3. The van der Waals surface area contributed by atoms with Crippen molar-refractivity contribution in [3.05, 3.63) is 23.3 Å². The Balaban J connectivity index is 1.54. The highest BCUT2D eigenvalue weighted by Gasteiger charge is 2.39. The molecule has 4 aliphatic rings. The molecule has 0 radical (unpaired) electrons. The van der Waals surface area contributed by atoms with Crippen LogP contribution in [0.3, 0.4) is 0 Å². The lowest BCUT2D eigenvalue weighted by Crippen LogP contribution is -2.21. The molecule has 0 heterocycles. The molecule has 0 atom stereocenters. The normalized spacial score (nSPS) is 22.9. The monoisotopic (exact) mass is 558 g/mol. The quantitative estimate of drug-likeness (QED) is 0.295. The molecule has 0 saturated heterocycles. The second-order valence-electron chi connectivity index (χ2n) is 15.0. The van der Waals surface area contributed by atoms with Crippen LogP contribution < -0.4 is 9.05 Å². The summed E-state index contributed by atoms with van der Waals surface area (Å²) < 4.78 is 14.7. The minimum absolute atomic E-state index is 0.0435. The lowest BCUT2D eigenvalue weighted by molar-refractivity contribution is 0.493. The Hall–Kier alpha value is -0.320. The lowest BCUT2D eigenvalue weighted by Gasteiger charge is -2.36. The van der Waals surface area contributed by atoms with Gasteiger partial charge in [-0.25, -0.2) is 0 Å². The van der Waals surface area contributed by atoms with Gasteiger partial charge >= 0.3 is 0 Å². The summed E-state index contributed by atoms with van der Waals surface area (Å²) in [5, 5.41) is 0. The van der Waals surface area contributed by atoms with E-state index < -0.39 is 16.3 Å². The molecule has 0 aliphatic heterocycles. The summed E-state index contributed by atoms with van der Waals surface area (Å²) in [5.41, 5.74) is 6.05. The van der Waals surface area contributed by atoms with Crippen LogP contribution in [0.2, 0.25) is 0 Å². The zero-order chi connectivity index (χ0) is 26.9. The molecule has 0 aromatic heterocycles. The molecule has 4 heteroatoms. The van der Waals surface area contributed by atoms with Crippen molar-refractivity contribution in [2.75, 3.05) is 0 Å². The number of hydrogen-bond acceptors (Lipinski definition) is 2. The van der Waals surface area contributed by atoms with Crippen molar-refractivity contribution in [2.45, 2.75) is 178 Å². The Bertz CT molecular complexity index is 802. The highest BCUT2D eigenvalue weighted by atomic mass is 31.1. The maximum atomic E-state index is 7.37. The van der Waals surface area contributed by atoms with Gasteiger partial charge in [0.15, 0.2) is 0 Å². The first kappa shape index (κ1) is 29.2. The smallest absolute Gasteiger partial charge is 0.130 e. The highest BCUT2D eigenvalue weighted by Crippen LogP contribution is 2.61. The number of hydrogen-bond donors (Lipinski definition) is 0. The highest BCUT2D eigenvalue weighted by molar-refractivity contribution is 7.55. The lowest BCUT2D eigenvalue weighted by atomic mass is 9.80. The molecule has 1 aromatic rings. The van der Waals surface area contributed by atoms with E-state index in [1.807, 2.05) is 0 Å². The topological polar surface area (TPSA) is 18.5 Å². The zero-order valence-electron chi connectivity index (χ0n) is 25.5. The predicted octanol–water partition coefficient (Wildman–Crippen LogP) is 11.6. The summed E-state index contributed by atoms with van der Waals surface area (Å²) in [4.78, 5) is 0. The first-order valence-electron chi connectivity index (χ1n) is 16.2. The fourth-order valence-electron chi connectivity index (χ4n) is 7.64. The van der Waals surface area contributed by atoms with Gasteiger partial charge in [0, 0.05) is 39.8 Å². The number of rotatable bonds is 8. The van der Waals surface area contributed by atoms with Crippen molar-refractivity contribution in [1.82, 2.24) is 0 Å². The van der Waals surface area contributed by atoms with Crippen molar-refractivity contribution in [3.63, 3.8) is 0 Å². The van der Waals surface area contributed by atoms with E-state index in [1.54, 1.807) is 0 Å². The SMILES string of the molecule is CC(C)(C)c1cc(C(C)(C)C)c(OP(C2CCCC2)C2CCCC2)cc1OP(C1CCCC1)C1CCCC1. The van der Waals surface area contributed by atoms with Gasteiger partial charge in [-0.3, -0.25) is 0 Å². The van der Waals surface area contributed by atoms with E-state index in [9.17, 15) is 0 Å². The molecule has 0 N–H and O–H groups in total. The van der Waals surface area contributed by atoms with E-state index in [0.29, 0.717) is 0 Å². The van der Waals surface area contributed by atoms with Gasteiger partial charge in [0.25, 0.3) is 0 Å². The molecule has 1 aromatic carbocycles. The van der Waals surface area contributed by atoms with E-state index in [0.717, 1.165) is 22.6 Å². The average molecular weight is 559 g/mol. The minimum Gasteiger partial charge on any atom is -0.473 e. The van der Waals surface area contributed by atoms with Crippen molar-refractivity contribution < 1.29 is 9.05 Å². The minimum atomic E-state index is -0.441. The maximum Gasteiger partial charge on any atom is 0.130 e. The van der Waals surface area contributed by atoms with E-state index in [1.165, 1.54) is 125 Å². The average Bonchev–Trinajstić information content (AvgIpc) is 3.68. The van der Waals surface area contributed by atoms with Crippen molar-refractivity contribution >= 4 is 16.3 Å². The van der Waals surface area contributed by atoms with Crippen LogP contribution in [-0.4, -0.2) is 22.6 Å². The van der Waals surface area contributed by atoms with Crippen LogP contribution in [0.25, 0.3) is 0 Å². The number of benzene rings is 1. The Morgan fingerprint density at radius 1 is 0.474 bits per heavy atom. The standard InChI is InChI=1S/C34H56O2P2/c1-33(2,3)29-23-30(34(4,5)6)32(36-38(27-19-11-12-20-27)28-21-13-14-22-28)24-31(29)35-37(25-15-7-8-16-25)26-17-9-10-18-26/h23-28H,7-22H2,1-6H3. The third-order valence-corrected chi connectivity index (χ3v) is 15.6. The van der Waals surface area contributed by atoms with Crippen molar-refractivity contribution in [3.8, 4) is 11.5 Å². The Morgan fingerprint density at radius 2 is 0.737 bits per heavy atom. The third kappa shape index (κ3) is 6.76. The van der Waals surface area contributed by atoms with Crippen LogP contribution in [0.1, 0.15) is 155 Å². The third-order valence-electron chi connectivity index (χ3n) is 9.84. The van der Waals surface area contributed by atoms with Crippen LogP contribution in [0.5, 0.6) is 11.5 Å². The maximum absolute atomic E-state index is 7.37. The molecule has 5 rings (SSSR count). The largest absolute Gasteiger partial charge is 0.473 e. The van der Waals surface area contributed by atoms with Gasteiger partial charge in [-0.1, -0.05) is 92.9 Å². The van der Waals surface area contributed by atoms with Crippen LogP contribution >= 0.6 is 16.3 Å². The van der Waals surface area contributed by atoms with Crippen LogP contribution in [0.4, 0.5) is 0 Å². The summed E-state index contributed by atoms with van der Waals surface area (Å²) in [6.07, 6.45) is 22.2. The van der Waals surface area contributed by atoms with Crippen molar-refractivity contribution in [2.24, 2.45) is 0 Å². The summed E-state index contributed by atoms with van der Waals surface area (Å²) in [7, 11) is -0.881. The fraction of sp³-hybridized carbons (Fsp3) is 0.824. The van der Waals surface area contributed by atoms with Gasteiger partial charge in [-0.15, -0.1) is 0 Å². The fourth-order valence-corrected chi connectivity index (χ4v) is 13.7. The van der Waals surface area contributed by atoms with Gasteiger partial charge in [0.05, 0.1) is 16.3 Å². The Labute approximate surface area is 237 Å². The van der Waals surface area contributed by atoms with Gasteiger partial charge in [0.1, 0.15) is 11.5 Å². The van der Waals surface area contributed by atoms with E-state index in [-0.39, 0.29) is 10.8 Å². The van der Waals surface area contributed by atoms with E-state index >= 15 is 0 Å². The molecule has 0 amide bonds. The molecule has 38 heavy (non-hydrogen) atoms. The molecule has 0 spiro atoms. The molecular weight excluding hydrogens is 502 g/mol. The second-order valence-corrected chi connectivity index (χ2v) is 19.7. The summed E-state index contributed by atoms with van der Waals surface area (Å²) in [5.74, 6) is 2.33. The molecule has 4 saturated carbocycles. The summed E-state index contributed by atoms with van der Waals surface area (Å²) in [6.45, 7) is 14.2. The van der Waals surface area contributed by atoms with Crippen LogP contribution in [-0.2, 0) is 10.8 Å². The first-order chi connectivity index (χ1) is 18.1. The predicted molar refractivity (Wildman–Crippen MR) is 168 cm³/mol. The van der Waals surface area contributed by atoms with Gasteiger partial charge in [0.2, 0.25) is 0 Å². The Kier molecular flexibility index (Phi) is 9.43. The molecule has 4 fully saturated rings. The van der Waals surface area contributed by atoms with Crippen molar-refractivity contribution in [1.29, 1.82) is 0 Å². The molecule has 2 nitrogen and oxygen atoms in total. The van der Waals surface area contributed by atoms with E-state index in [2.05, 4.69) is 53.7 Å². The summed E-state index contributed by atoms with van der Waals surface area (Å²) >= 11 is 0. The molecule has 0 unspecified atom stereocenters. The van der Waals surface area contributed by atoms with E-state index in [4.69, 9.17) is 9.05 Å². The first-order valence-corrected chi connectivity index (χ1v) is 19.0. The summed E-state index contributed by atoms with van der Waals surface area (Å²) in [6, 6.07) is 4.93. The molecular formula is C34H56O2P2. The molecule has 4 aliphatic carbocycles. The van der Waals surface area contributed by atoms with Gasteiger partial charge in [-0.05, 0) is 68.3 Å².